The van der Waals surface area contributed by atoms with E-state index in [4.69, 9.17) is 4.74 Å². The first-order valence-corrected chi connectivity index (χ1v) is 8.49. The lowest BCUT2D eigenvalue weighted by atomic mass is 9.71. The van der Waals surface area contributed by atoms with Crippen LogP contribution in [-0.2, 0) is 0 Å². The topological polar surface area (TPSA) is 9.23 Å². The van der Waals surface area contributed by atoms with Gasteiger partial charge in [0.2, 0.25) is 0 Å². The molecule has 0 aromatic heterocycles. The first-order chi connectivity index (χ1) is 9.49. The number of rotatable bonds is 6. The molecule has 0 aliphatic heterocycles. The molecule has 0 heterocycles. The molecule has 112 valence electrons. The molecule has 0 N–H and O–H groups in total. The minimum absolute atomic E-state index is 0.321. The molecular weight excluding hydrogens is 264 g/mol. The summed E-state index contributed by atoms with van der Waals surface area (Å²) in [6.45, 7) is 9.78. The molecule has 1 fully saturated rings. The van der Waals surface area contributed by atoms with Crippen LogP contribution in [0.5, 0.6) is 5.75 Å². The molecule has 0 radical (unpaired) electrons. The van der Waals surface area contributed by atoms with Crippen molar-refractivity contribution in [2.24, 2.45) is 5.41 Å². The first kappa shape index (κ1) is 15.8. The molecule has 1 nitrogen and oxygen atoms in total. The van der Waals surface area contributed by atoms with Crippen molar-refractivity contribution >= 4 is 12.6 Å². The molecule has 0 saturated heterocycles. The second kappa shape index (κ2) is 6.43. The Bertz CT molecular complexity index is 415. The van der Waals surface area contributed by atoms with Gasteiger partial charge in [-0.05, 0) is 41.6 Å². The van der Waals surface area contributed by atoms with E-state index >= 15 is 0 Å². The van der Waals surface area contributed by atoms with E-state index in [-0.39, 0.29) is 0 Å². The van der Waals surface area contributed by atoms with Crippen LogP contribution in [0.25, 0.3) is 0 Å². The molecule has 2 rings (SSSR count). The second-order valence-electron chi connectivity index (χ2n) is 6.88. The van der Waals surface area contributed by atoms with Gasteiger partial charge >= 0.3 is 0 Å². The SMILES string of the molecule is CC(C)c1cccc(C(C)C)c1OCC1(CS)CCC1. The molecule has 0 spiro atoms. The number of thiol groups is 1. The van der Waals surface area contributed by atoms with Crippen LogP contribution in [0.15, 0.2) is 18.2 Å². The quantitative estimate of drug-likeness (QED) is 0.689. The largest absolute Gasteiger partial charge is 0.492 e. The van der Waals surface area contributed by atoms with E-state index in [0.717, 1.165) is 18.1 Å². The molecule has 0 bridgehead atoms. The highest BCUT2D eigenvalue weighted by atomic mass is 32.1. The lowest BCUT2D eigenvalue weighted by molar-refractivity contribution is 0.0815. The number of benzene rings is 1. The van der Waals surface area contributed by atoms with E-state index < -0.39 is 0 Å². The standard InChI is InChI=1S/C18H28OS/c1-13(2)15-7-5-8-16(14(3)4)17(15)19-11-18(12-20)9-6-10-18/h5,7-8,13-14,20H,6,9-12H2,1-4H3. The molecule has 1 aliphatic rings. The van der Waals surface area contributed by atoms with Gasteiger partial charge in [-0.1, -0.05) is 52.3 Å². The van der Waals surface area contributed by atoms with Gasteiger partial charge in [0, 0.05) is 5.41 Å². The van der Waals surface area contributed by atoms with Crippen LogP contribution in [-0.4, -0.2) is 12.4 Å². The summed E-state index contributed by atoms with van der Waals surface area (Å²) in [7, 11) is 0. The summed E-state index contributed by atoms with van der Waals surface area (Å²) in [5.41, 5.74) is 3.00. The highest BCUT2D eigenvalue weighted by molar-refractivity contribution is 7.80. The van der Waals surface area contributed by atoms with Crippen molar-refractivity contribution in [1.29, 1.82) is 0 Å². The Labute approximate surface area is 129 Å². The molecule has 0 atom stereocenters. The smallest absolute Gasteiger partial charge is 0.126 e. The van der Waals surface area contributed by atoms with Crippen molar-refractivity contribution in [3.8, 4) is 5.75 Å². The summed E-state index contributed by atoms with van der Waals surface area (Å²) in [5, 5.41) is 0. The van der Waals surface area contributed by atoms with Crippen LogP contribution in [0.2, 0.25) is 0 Å². The monoisotopic (exact) mass is 292 g/mol. The maximum Gasteiger partial charge on any atom is 0.126 e. The van der Waals surface area contributed by atoms with Gasteiger partial charge in [-0.3, -0.25) is 0 Å². The number of hydrogen-bond acceptors (Lipinski definition) is 2. The third-order valence-corrected chi connectivity index (χ3v) is 5.26. The van der Waals surface area contributed by atoms with Gasteiger partial charge < -0.3 is 4.74 Å². The predicted octanol–water partition coefficient (Wildman–Crippen LogP) is 5.41. The van der Waals surface area contributed by atoms with E-state index in [0.29, 0.717) is 17.3 Å². The third kappa shape index (κ3) is 3.16. The summed E-state index contributed by atoms with van der Waals surface area (Å²) in [6, 6.07) is 6.58. The van der Waals surface area contributed by atoms with Crippen molar-refractivity contribution in [3.05, 3.63) is 29.3 Å². The normalized spacial score (nSPS) is 17.4. The fraction of sp³-hybridized carbons (Fsp3) is 0.667. The number of para-hydroxylation sites is 1. The summed E-state index contributed by atoms with van der Waals surface area (Å²) in [4.78, 5) is 0. The first-order valence-electron chi connectivity index (χ1n) is 7.85. The second-order valence-corrected chi connectivity index (χ2v) is 7.19. The van der Waals surface area contributed by atoms with Gasteiger partial charge in [-0.25, -0.2) is 0 Å². The number of hydrogen-bond donors (Lipinski definition) is 1. The van der Waals surface area contributed by atoms with Gasteiger partial charge in [0.1, 0.15) is 5.75 Å². The lowest BCUT2D eigenvalue weighted by Gasteiger charge is -2.40. The fourth-order valence-electron chi connectivity index (χ4n) is 2.90. The fourth-order valence-corrected chi connectivity index (χ4v) is 3.31. The highest BCUT2D eigenvalue weighted by Crippen LogP contribution is 2.43. The lowest BCUT2D eigenvalue weighted by Crippen LogP contribution is -2.37. The zero-order valence-electron chi connectivity index (χ0n) is 13.3. The van der Waals surface area contributed by atoms with Crippen LogP contribution in [0.1, 0.15) is 69.9 Å². The maximum absolute atomic E-state index is 6.34. The van der Waals surface area contributed by atoms with Gasteiger partial charge in [-0.2, -0.15) is 12.6 Å². The molecule has 0 amide bonds. The average Bonchev–Trinajstić information content (AvgIpc) is 2.37. The average molecular weight is 292 g/mol. The van der Waals surface area contributed by atoms with Crippen molar-refractivity contribution < 1.29 is 4.74 Å². The minimum atomic E-state index is 0.321. The predicted molar refractivity (Wildman–Crippen MR) is 90.3 cm³/mol. The molecular formula is C18H28OS. The minimum Gasteiger partial charge on any atom is -0.492 e. The molecule has 1 saturated carbocycles. The van der Waals surface area contributed by atoms with Crippen molar-refractivity contribution in [1.82, 2.24) is 0 Å². The van der Waals surface area contributed by atoms with Crippen molar-refractivity contribution in [2.75, 3.05) is 12.4 Å². The van der Waals surface area contributed by atoms with E-state index in [1.165, 1.54) is 30.4 Å². The van der Waals surface area contributed by atoms with Gasteiger partial charge in [0.05, 0.1) is 6.61 Å². The van der Waals surface area contributed by atoms with Crippen LogP contribution < -0.4 is 4.74 Å². The molecule has 2 heteroatoms. The van der Waals surface area contributed by atoms with Crippen LogP contribution in [0, 0.1) is 5.41 Å². The maximum atomic E-state index is 6.34. The number of ether oxygens (including phenoxy) is 1. The Hall–Kier alpha value is -0.630. The summed E-state index contributed by atoms with van der Waals surface area (Å²) >= 11 is 4.53. The van der Waals surface area contributed by atoms with E-state index in [9.17, 15) is 0 Å². The molecule has 20 heavy (non-hydrogen) atoms. The van der Waals surface area contributed by atoms with Crippen molar-refractivity contribution in [2.45, 2.75) is 58.8 Å². The van der Waals surface area contributed by atoms with Gasteiger partial charge in [0.25, 0.3) is 0 Å². The summed E-state index contributed by atoms with van der Waals surface area (Å²) in [5.74, 6) is 3.06. The molecule has 0 unspecified atom stereocenters. The highest BCUT2D eigenvalue weighted by Gasteiger charge is 2.36. The zero-order valence-corrected chi connectivity index (χ0v) is 14.2. The Balaban J connectivity index is 2.24. The Kier molecular flexibility index (Phi) is 5.06. The van der Waals surface area contributed by atoms with Crippen LogP contribution in [0.3, 0.4) is 0 Å². The summed E-state index contributed by atoms with van der Waals surface area (Å²) in [6.07, 6.45) is 3.85. The Morgan fingerprint density at radius 2 is 1.65 bits per heavy atom. The van der Waals surface area contributed by atoms with Crippen molar-refractivity contribution in [3.63, 3.8) is 0 Å². The van der Waals surface area contributed by atoms with E-state index in [2.05, 4.69) is 58.5 Å². The van der Waals surface area contributed by atoms with Gasteiger partial charge in [0.15, 0.2) is 0 Å². The molecule has 1 aromatic carbocycles. The van der Waals surface area contributed by atoms with E-state index in [1.807, 2.05) is 0 Å². The Morgan fingerprint density at radius 3 is 2.00 bits per heavy atom. The van der Waals surface area contributed by atoms with Crippen LogP contribution in [0.4, 0.5) is 0 Å². The summed E-state index contributed by atoms with van der Waals surface area (Å²) < 4.78 is 6.34. The van der Waals surface area contributed by atoms with Gasteiger partial charge in [-0.15, -0.1) is 0 Å². The van der Waals surface area contributed by atoms with E-state index in [1.54, 1.807) is 0 Å². The third-order valence-electron chi connectivity index (χ3n) is 4.59. The van der Waals surface area contributed by atoms with Crippen LogP contribution >= 0.6 is 12.6 Å². The Morgan fingerprint density at radius 1 is 1.10 bits per heavy atom. The molecule has 1 aromatic rings. The molecule has 1 aliphatic carbocycles. The zero-order chi connectivity index (χ0) is 14.8.